The number of ether oxygens (including phenoxy) is 1. The molecule has 0 aromatic carbocycles. The van der Waals surface area contributed by atoms with Gasteiger partial charge in [-0.05, 0) is 31.9 Å². The van der Waals surface area contributed by atoms with Crippen LogP contribution in [-0.4, -0.2) is 68.8 Å². The molecule has 1 saturated heterocycles. The van der Waals surface area contributed by atoms with E-state index >= 15 is 0 Å². The minimum Gasteiger partial charge on any atom is -0.377 e. The van der Waals surface area contributed by atoms with Crippen LogP contribution in [0, 0.1) is 13.8 Å². The predicted molar refractivity (Wildman–Crippen MR) is 106 cm³/mol. The highest BCUT2D eigenvalue weighted by Gasteiger charge is 2.28. The lowest BCUT2D eigenvalue weighted by molar-refractivity contribution is -0.141. The lowest BCUT2D eigenvalue weighted by Crippen LogP contribution is -2.50. The number of nitrogens with zero attached hydrogens (tertiary/aromatic N) is 5. The van der Waals surface area contributed by atoms with E-state index < -0.39 is 0 Å². The normalized spacial score (nSPS) is 16.6. The predicted octanol–water partition coefficient (Wildman–Crippen LogP) is 0.656. The molecule has 1 fully saturated rings. The van der Waals surface area contributed by atoms with Crippen LogP contribution in [0.4, 0.5) is 0 Å². The van der Waals surface area contributed by atoms with E-state index in [2.05, 4.69) is 20.4 Å². The summed E-state index contributed by atoms with van der Waals surface area (Å²) in [5.41, 5.74) is 1.03. The molecule has 2 aromatic rings. The fraction of sp³-hybridized carbons (Fsp3) is 0.550. The van der Waals surface area contributed by atoms with Gasteiger partial charge in [0.2, 0.25) is 11.8 Å². The highest BCUT2D eigenvalue weighted by atomic mass is 16.5. The van der Waals surface area contributed by atoms with Crippen molar-refractivity contribution in [2.24, 2.45) is 0 Å². The first kappa shape index (κ1) is 20.9. The second kappa shape index (κ2) is 10.1. The molecule has 1 aliphatic heterocycles. The molecular formula is C20H28N6O3. The zero-order valence-corrected chi connectivity index (χ0v) is 17.0. The number of pyridine rings is 1. The van der Waals surface area contributed by atoms with Crippen molar-refractivity contribution in [3.63, 3.8) is 0 Å². The summed E-state index contributed by atoms with van der Waals surface area (Å²) in [7, 11) is 0. The molecule has 1 N–H and O–H groups in total. The Labute approximate surface area is 170 Å². The van der Waals surface area contributed by atoms with Crippen LogP contribution in [0.15, 0.2) is 24.5 Å². The second-order valence-corrected chi connectivity index (χ2v) is 7.16. The zero-order chi connectivity index (χ0) is 20.6. The van der Waals surface area contributed by atoms with Crippen molar-refractivity contribution < 1.29 is 14.3 Å². The van der Waals surface area contributed by atoms with E-state index in [9.17, 15) is 9.59 Å². The average molecular weight is 400 g/mol. The van der Waals surface area contributed by atoms with Crippen molar-refractivity contribution in [2.45, 2.75) is 45.7 Å². The van der Waals surface area contributed by atoms with E-state index in [4.69, 9.17) is 4.74 Å². The van der Waals surface area contributed by atoms with Gasteiger partial charge in [-0.25, -0.2) is 9.67 Å². The molecule has 0 saturated carbocycles. The molecular weight excluding hydrogens is 372 g/mol. The van der Waals surface area contributed by atoms with Gasteiger partial charge >= 0.3 is 0 Å². The average Bonchev–Trinajstić information content (AvgIpc) is 3.04. The lowest BCUT2D eigenvalue weighted by Gasteiger charge is -2.35. The molecule has 29 heavy (non-hydrogen) atoms. The van der Waals surface area contributed by atoms with Crippen LogP contribution in [0.1, 0.15) is 30.1 Å². The molecule has 0 unspecified atom stereocenters. The first-order valence-corrected chi connectivity index (χ1v) is 9.94. The zero-order valence-electron chi connectivity index (χ0n) is 17.0. The molecule has 0 radical (unpaired) electrons. The third-order valence-electron chi connectivity index (χ3n) is 4.93. The van der Waals surface area contributed by atoms with Crippen molar-refractivity contribution in [3.05, 3.63) is 41.7 Å². The first-order valence-electron chi connectivity index (χ1n) is 9.94. The summed E-state index contributed by atoms with van der Waals surface area (Å²) in [6, 6.07) is 3.59. The quantitative estimate of drug-likeness (QED) is 0.698. The smallest absolute Gasteiger partial charge is 0.223 e. The molecule has 156 valence electrons. The number of carbonyl (C=O) groups is 2. The summed E-state index contributed by atoms with van der Waals surface area (Å²) in [5.74, 6) is 1.49. The second-order valence-electron chi connectivity index (χ2n) is 7.16. The van der Waals surface area contributed by atoms with Crippen molar-refractivity contribution in [1.29, 1.82) is 0 Å². The topological polar surface area (TPSA) is 102 Å². The van der Waals surface area contributed by atoms with Gasteiger partial charge in [-0.15, -0.1) is 0 Å². The van der Waals surface area contributed by atoms with E-state index in [1.807, 2.05) is 26.0 Å². The van der Waals surface area contributed by atoms with Crippen molar-refractivity contribution in [2.75, 3.05) is 26.3 Å². The lowest BCUT2D eigenvalue weighted by atomic mass is 10.1. The molecule has 3 heterocycles. The Hall–Kier alpha value is -2.81. The molecule has 0 spiro atoms. The van der Waals surface area contributed by atoms with E-state index in [0.29, 0.717) is 51.5 Å². The van der Waals surface area contributed by atoms with Crippen LogP contribution in [0.2, 0.25) is 0 Å². The first-order chi connectivity index (χ1) is 14.0. The summed E-state index contributed by atoms with van der Waals surface area (Å²) in [6.07, 6.45) is 4.76. The van der Waals surface area contributed by atoms with Gasteiger partial charge in [0.1, 0.15) is 11.6 Å². The van der Waals surface area contributed by atoms with Crippen LogP contribution < -0.4 is 5.32 Å². The molecule has 1 aliphatic rings. The minimum atomic E-state index is -0.236. The van der Waals surface area contributed by atoms with Gasteiger partial charge in [-0.3, -0.25) is 14.6 Å². The highest BCUT2D eigenvalue weighted by Crippen LogP contribution is 2.14. The molecule has 1 atom stereocenters. The van der Waals surface area contributed by atoms with Gasteiger partial charge in [0.05, 0.1) is 25.8 Å². The van der Waals surface area contributed by atoms with E-state index in [0.717, 1.165) is 11.4 Å². The number of morpholine rings is 1. The Kier molecular flexibility index (Phi) is 7.29. The third kappa shape index (κ3) is 6.08. The van der Waals surface area contributed by atoms with E-state index in [-0.39, 0.29) is 24.3 Å². The Bertz CT molecular complexity index is 823. The summed E-state index contributed by atoms with van der Waals surface area (Å²) in [4.78, 5) is 35.2. The number of rotatable bonds is 8. The molecule has 2 aromatic heterocycles. The number of amides is 2. The number of hydrogen-bond donors (Lipinski definition) is 1. The van der Waals surface area contributed by atoms with Gasteiger partial charge in [0.15, 0.2) is 0 Å². The molecule has 0 aliphatic carbocycles. The van der Waals surface area contributed by atoms with Crippen LogP contribution >= 0.6 is 0 Å². The third-order valence-corrected chi connectivity index (χ3v) is 4.93. The Morgan fingerprint density at radius 3 is 2.93 bits per heavy atom. The number of aryl methyl sites for hydroxylation is 3. The maximum Gasteiger partial charge on any atom is 0.223 e. The molecule has 9 heteroatoms. The Morgan fingerprint density at radius 1 is 1.34 bits per heavy atom. The van der Waals surface area contributed by atoms with Crippen LogP contribution in [0.3, 0.4) is 0 Å². The maximum absolute atomic E-state index is 12.7. The standard InChI is InChI=1S/C20H28N6O3/c1-15-23-16(2)26(24-15)9-8-22-19(27)12-18-14-29-11-10-25(18)20(28)6-5-17-4-3-7-21-13-17/h3-4,7,13,18H,5-6,8-12,14H2,1-2H3,(H,22,27)/t18-/m0/s1. The number of carbonyl (C=O) groups excluding carboxylic acids is 2. The molecule has 0 bridgehead atoms. The van der Waals surface area contributed by atoms with Crippen LogP contribution in [-0.2, 0) is 27.3 Å². The minimum absolute atomic E-state index is 0.0451. The van der Waals surface area contributed by atoms with Gasteiger partial charge in [0, 0.05) is 38.3 Å². The SMILES string of the molecule is Cc1nc(C)n(CCNC(=O)C[C@H]2COCCN2C(=O)CCc2cccnc2)n1. The van der Waals surface area contributed by atoms with Gasteiger partial charge in [-0.1, -0.05) is 6.07 Å². The van der Waals surface area contributed by atoms with E-state index in [1.165, 1.54) is 0 Å². The summed E-state index contributed by atoms with van der Waals surface area (Å²) >= 11 is 0. The van der Waals surface area contributed by atoms with Crippen molar-refractivity contribution in [1.82, 2.24) is 30.0 Å². The highest BCUT2D eigenvalue weighted by molar-refractivity contribution is 5.80. The Morgan fingerprint density at radius 2 is 2.21 bits per heavy atom. The summed E-state index contributed by atoms with van der Waals surface area (Å²) < 4.78 is 7.28. The Balaban J connectivity index is 1.46. The molecule has 9 nitrogen and oxygen atoms in total. The van der Waals surface area contributed by atoms with E-state index in [1.54, 1.807) is 22.0 Å². The monoisotopic (exact) mass is 400 g/mol. The molecule has 3 rings (SSSR count). The number of hydrogen-bond acceptors (Lipinski definition) is 6. The molecule has 2 amide bonds. The fourth-order valence-electron chi connectivity index (χ4n) is 3.45. The summed E-state index contributed by atoms with van der Waals surface area (Å²) in [6.45, 7) is 6.15. The largest absolute Gasteiger partial charge is 0.377 e. The number of nitrogens with one attached hydrogen (secondary N) is 1. The van der Waals surface area contributed by atoms with Gasteiger partial charge in [-0.2, -0.15) is 5.10 Å². The van der Waals surface area contributed by atoms with Crippen LogP contribution in [0.5, 0.6) is 0 Å². The van der Waals surface area contributed by atoms with Gasteiger partial charge in [0.25, 0.3) is 0 Å². The fourth-order valence-corrected chi connectivity index (χ4v) is 3.45. The summed E-state index contributed by atoms with van der Waals surface area (Å²) in [5, 5.41) is 7.18. The van der Waals surface area contributed by atoms with Crippen LogP contribution in [0.25, 0.3) is 0 Å². The maximum atomic E-state index is 12.7. The number of aromatic nitrogens is 4. The van der Waals surface area contributed by atoms with Crippen molar-refractivity contribution >= 4 is 11.8 Å². The van der Waals surface area contributed by atoms with Gasteiger partial charge < -0.3 is 15.0 Å². The van der Waals surface area contributed by atoms with Crippen molar-refractivity contribution in [3.8, 4) is 0 Å².